The molecule has 0 aliphatic carbocycles. The SMILES string of the molecule is COc1cc(O)ccc1N=Nc1cc(OCCO)c(N=Nc2c(S(=O)(=O)O)cc3cc(NC(C)=O)ccc3c2O)cc1OC. The lowest BCUT2D eigenvalue weighted by molar-refractivity contribution is -0.114. The first kappa shape index (κ1) is 31.6. The lowest BCUT2D eigenvalue weighted by atomic mass is 10.1. The maximum Gasteiger partial charge on any atom is 0.296 e. The standard InChI is InChI=1S/C28H27N5O10S/c1-15(35)29-17-4-6-19-16(10-17)11-26(44(38,39)40)27(28(19)37)33-32-22-13-24(42-3)21(14-25(22)43-9-8-34)31-30-20-7-5-18(36)12-23(20)41-2/h4-7,10-14,34,36-37H,8-9H2,1-3H3,(H,29,35)(H,38,39,40). The molecule has 4 aromatic carbocycles. The van der Waals surface area contributed by atoms with E-state index in [0.717, 1.165) is 6.07 Å². The van der Waals surface area contributed by atoms with Crippen LogP contribution < -0.4 is 19.5 Å². The number of benzene rings is 4. The summed E-state index contributed by atoms with van der Waals surface area (Å²) in [5, 5.41) is 49.2. The Morgan fingerprint density at radius 3 is 2.14 bits per heavy atom. The highest BCUT2D eigenvalue weighted by Gasteiger charge is 2.23. The molecule has 0 atom stereocenters. The Balaban J connectivity index is 1.82. The number of nitrogens with one attached hydrogen (secondary N) is 1. The fourth-order valence-corrected chi connectivity index (χ4v) is 4.67. The van der Waals surface area contributed by atoms with Crippen LogP contribution in [0.2, 0.25) is 0 Å². The number of hydrogen-bond donors (Lipinski definition) is 5. The van der Waals surface area contributed by atoms with Crippen LogP contribution in [0.15, 0.2) is 79.9 Å². The minimum Gasteiger partial charge on any atom is -0.508 e. The number of amides is 1. The largest absolute Gasteiger partial charge is 0.508 e. The normalized spacial score (nSPS) is 11.8. The average Bonchev–Trinajstić information content (AvgIpc) is 2.98. The minimum atomic E-state index is -4.92. The Labute approximate surface area is 250 Å². The molecule has 1 amide bonds. The lowest BCUT2D eigenvalue weighted by Gasteiger charge is -2.12. The molecule has 15 nitrogen and oxygen atoms in total. The smallest absolute Gasteiger partial charge is 0.296 e. The predicted molar refractivity (Wildman–Crippen MR) is 158 cm³/mol. The van der Waals surface area contributed by atoms with Crippen molar-refractivity contribution in [3.63, 3.8) is 0 Å². The highest BCUT2D eigenvalue weighted by Crippen LogP contribution is 2.45. The molecule has 230 valence electrons. The Morgan fingerprint density at radius 2 is 1.48 bits per heavy atom. The zero-order chi connectivity index (χ0) is 32.0. The molecule has 0 radical (unpaired) electrons. The monoisotopic (exact) mass is 625 g/mol. The summed E-state index contributed by atoms with van der Waals surface area (Å²) in [5.74, 6) is -0.574. The number of ether oxygens (including phenoxy) is 3. The topological polar surface area (TPSA) is 221 Å². The van der Waals surface area contributed by atoms with Gasteiger partial charge in [-0.2, -0.15) is 8.42 Å². The number of anilines is 1. The molecule has 0 aliphatic rings. The number of phenols is 2. The zero-order valence-electron chi connectivity index (χ0n) is 23.5. The molecule has 0 saturated heterocycles. The summed E-state index contributed by atoms with van der Waals surface area (Å²) in [6.45, 7) is 0.777. The van der Waals surface area contributed by atoms with Gasteiger partial charge < -0.3 is 34.8 Å². The van der Waals surface area contributed by atoms with Crippen LogP contribution in [0.1, 0.15) is 6.92 Å². The third-order valence-corrected chi connectivity index (χ3v) is 6.81. The molecule has 44 heavy (non-hydrogen) atoms. The van der Waals surface area contributed by atoms with Gasteiger partial charge in [-0.05, 0) is 41.8 Å². The fourth-order valence-electron chi connectivity index (χ4n) is 4.02. The summed E-state index contributed by atoms with van der Waals surface area (Å²) in [7, 11) is -2.16. The molecular formula is C28H27N5O10S. The number of hydrogen-bond acceptors (Lipinski definition) is 13. The number of aliphatic hydroxyl groups is 1. The van der Waals surface area contributed by atoms with Crippen molar-refractivity contribution in [2.75, 3.05) is 32.8 Å². The van der Waals surface area contributed by atoms with Crippen LogP contribution in [-0.4, -0.2) is 61.6 Å². The van der Waals surface area contributed by atoms with Gasteiger partial charge in [0, 0.05) is 36.2 Å². The Kier molecular flexibility index (Phi) is 9.57. The Hall–Kier alpha value is -5.32. The second-order valence-electron chi connectivity index (χ2n) is 8.98. The van der Waals surface area contributed by atoms with Crippen LogP contribution in [0.3, 0.4) is 0 Å². The van der Waals surface area contributed by atoms with E-state index in [0.29, 0.717) is 11.4 Å². The van der Waals surface area contributed by atoms with E-state index in [1.807, 2.05) is 0 Å². The van der Waals surface area contributed by atoms with E-state index in [4.69, 9.17) is 14.2 Å². The molecule has 0 aliphatic heterocycles. The number of aromatic hydroxyl groups is 2. The van der Waals surface area contributed by atoms with Gasteiger partial charge in [-0.1, -0.05) is 0 Å². The van der Waals surface area contributed by atoms with Gasteiger partial charge in [-0.15, -0.1) is 20.5 Å². The molecular weight excluding hydrogens is 598 g/mol. The number of phenolic OH excluding ortho intramolecular Hbond substituents is 2. The summed E-state index contributed by atoms with van der Waals surface area (Å²) in [4.78, 5) is 10.7. The summed E-state index contributed by atoms with van der Waals surface area (Å²) >= 11 is 0. The van der Waals surface area contributed by atoms with Crippen molar-refractivity contribution in [1.29, 1.82) is 0 Å². The first-order valence-electron chi connectivity index (χ1n) is 12.7. The van der Waals surface area contributed by atoms with Gasteiger partial charge in [0.15, 0.2) is 5.75 Å². The quantitative estimate of drug-likeness (QED) is 0.101. The van der Waals surface area contributed by atoms with E-state index >= 15 is 0 Å². The van der Waals surface area contributed by atoms with Crippen LogP contribution in [0.4, 0.5) is 28.4 Å². The van der Waals surface area contributed by atoms with Gasteiger partial charge in [0.1, 0.15) is 57.2 Å². The third kappa shape index (κ3) is 7.17. The highest BCUT2D eigenvalue weighted by atomic mass is 32.2. The van der Waals surface area contributed by atoms with Crippen LogP contribution in [0.25, 0.3) is 10.8 Å². The van der Waals surface area contributed by atoms with Crippen LogP contribution in [-0.2, 0) is 14.9 Å². The fraction of sp³-hybridized carbons (Fsp3) is 0.179. The Bertz CT molecular complexity index is 1890. The molecule has 4 aromatic rings. The van der Waals surface area contributed by atoms with E-state index < -0.39 is 26.5 Å². The highest BCUT2D eigenvalue weighted by molar-refractivity contribution is 7.86. The molecule has 4 rings (SSSR count). The van der Waals surface area contributed by atoms with Crippen LogP contribution >= 0.6 is 0 Å². The van der Waals surface area contributed by atoms with E-state index in [9.17, 15) is 33.1 Å². The maximum atomic E-state index is 12.3. The number of fused-ring (bicyclic) bond motifs is 1. The van der Waals surface area contributed by atoms with E-state index in [-0.39, 0.29) is 64.3 Å². The lowest BCUT2D eigenvalue weighted by Crippen LogP contribution is -2.05. The molecule has 0 unspecified atom stereocenters. The summed E-state index contributed by atoms with van der Waals surface area (Å²) in [5.41, 5.74) is 0.207. The van der Waals surface area contributed by atoms with Crippen molar-refractivity contribution < 1.29 is 47.3 Å². The second-order valence-corrected chi connectivity index (χ2v) is 10.4. The van der Waals surface area contributed by atoms with Gasteiger partial charge in [0.25, 0.3) is 10.1 Å². The van der Waals surface area contributed by atoms with E-state index in [1.165, 1.54) is 69.7 Å². The molecule has 0 spiro atoms. The van der Waals surface area contributed by atoms with Crippen molar-refractivity contribution in [2.45, 2.75) is 11.8 Å². The Morgan fingerprint density at radius 1 is 0.841 bits per heavy atom. The summed E-state index contributed by atoms with van der Waals surface area (Å²) in [6, 6.07) is 12.4. The van der Waals surface area contributed by atoms with Crippen molar-refractivity contribution >= 4 is 55.2 Å². The number of carbonyl (C=O) groups is 1. The van der Waals surface area contributed by atoms with Crippen molar-refractivity contribution in [3.05, 3.63) is 54.6 Å². The first-order chi connectivity index (χ1) is 20.9. The molecule has 0 saturated carbocycles. The van der Waals surface area contributed by atoms with Crippen molar-refractivity contribution in [2.24, 2.45) is 20.5 Å². The van der Waals surface area contributed by atoms with Gasteiger partial charge in [0.05, 0.1) is 20.8 Å². The molecule has 0 bridgehead atoms. The predicted octanol–water partition coefficient (Wildman–Crippen LogP) is 5.68. The number of rotatable bonds is 11. The molecule has 0 heterocycles. The minimum absolute atomic E-state index is 0.0155. The van der Waals surface area contributed by atoms with E-state index in [1.54, 1.807) is 0 Å². The average molecular weight is 626 g/mol. The van der Waals surface area contributed by atoms with E-state index in [2.05, 4.69) is 25.8 Å². The van der Waals surface area contributed by atoms with Crippen molar-refractivity contribution in [1.82, 2.24) is 0 Å². The first-order valence-corrected chi connectivity index (χ1v) is 14.1. The number of aliphatic hydroxyl groups excluding tert-OH is 1. The number of methoxy groups -OCH3 is 2. The second kappa shape index (κ2) is 13.3. The van der Waals surface area contributed by atoms with Gasteiger partial charge in [-0.25, -0.2) is 0 Å². The molecule has 0 aromatic heterocycles. The van der Waals surface area contributed by atoms with Crippen molar-refractivity contribution in [3.8, 4) is 28.7 Å². The molecule has 16 heteroatoms. The van der Waals surface area contributed by atoms with Gasteiger partial charge >= 0.3 is 0 Å². The number of carbonyl (C=O) groups excluding carboxylic acids is 1. The third-order valence-electron chi connectivity index (χ3n) is 5.95. The maximum absolute atomic E-state index is 12.3. The zero-order valence-corrected chi connectivity index (χ0v) is 24.4. The molecule has 5 N–H and O–H groups in total. The van der Waals surface area contributed by atoms with Gasteiger partial charge in [-0.3, -0.25) is 9.35 Å². The summed E-state index contributed by atoms with van der Waals surface area (Å²) < 4.78 is 50.7. The van der Waals surface area contributed by atoms with Gasteiger partial charge in [0.2, 0.25) is 5.91 Å². The number of azo groups is 2. The number of nitrogens with zero attached hydrogens (tertiary/aromatic N) is 4. The van der Waals surface area contributed by atoms with Crippen LogP contribution in [0, 0.1) is 0 Å². The van der Waals surface area contributed by atoms with Crippen LogP contribution in [0.5, 0.6) is 28.7 Å². The summed E-state index contributed by atoms with van der Waals surface area (Å²) in [6.07, 6.45) is 0. The molecule has 0 fully saturated rings.